The molecule has 1 aromatic heterocycles. The van der Waals surface area contributed by atoms with Gasteiger partial charge in [-0.05, 0) is 37.6 Å². The van der Waals surface area contributed by atoms with Crippen LogP contribution in [-0.4, -0.2) is 35.6 Å². The molecule has 3 heterocycles. The van der Waals surface area contributed by atoms with Gasteiger partial charge in [0.15, 0.2) is 6.29 Å². The van der Waals surface area contributed by atoms with Gasteiger partial charge >= 0.3 is 0 Å². The average molecular weight is 315 g/mol. The van der Waals surface area contributed by atoms with Gasteiger partial charge in [-0.3, -0.25) is 4.79 Å². The van der Waals surface area contributed by atoms with Gasteiger partial charge in [-0.1, -0.05) is 0 Å². The summed E-state index contributed by atoms with van der Waals surface area (Å²) >= 11 is 0. The number of methoxy groups -OCH3 is 1. The molecular weight excluding hydrogens is 298 g/mol. The largest absolute Gasteiger partial charge is 0.497 e. The second-order valence-electron chi connectivity index (χ2n) is 5.50. The minimum Gasteiger partial charge on any atom is -0.497 e. The number of nitrogens with one attached hydrogen (secondary N) is 1. The van der Waals surface area contributed by atoms with Gasteiger partial charge in [-0.15, -0.1) is 0 Å². The fraction of sp³-hybridized carbons (Fsp3) is 0.375. The van der Waals surface area contributed by atoms with Crippen molar-refractivity contribution in [3.63, 3.8) is 0 Å². The normalized spacial score (nSPS) is 23.0. The topological polar surface area (TPSA) is 74.6 Å². The molecule has 7 heteroatoms. The summed E-state index contributed by atoms with van der Waals surface area (Å²) in [5.74, 6) is 0.618. The highest BCUT2D eigenvalue weighted by molar-refractivity contribution is 5.96. The number of fused-ring (bicyclic) bond motifs is 1. The number of amides is 1. The monoisotopic (exact) mass is 315 g/mol. The summed E-state index contributed by atoms with van der Waals surface area (Å²) in [6.45, 7) is 2.42. The Hall–Kier alpha value is -2.38. The summed E-state index contributed by atoms with van der Waals surface area (Å²) in [6, 6.07) is 7.40. The Labute approximate surface area is 133 Å². The number of carbonyl (C=O) groups is 1. The van der Waals surface area contributed by atoms with E-state index in [4.69, 9.17) is 14.2 Å². The van der Waals surface area contributed by atoms with E-state index in [-0.39, 0.29) is 12.2 Å². The van der Waals surface area contributed by atoms with Crippen molar-refractivity contribution >= 4 is 5.91 Å². The van der Waals surface area contributed by atoms with Crippen LogP contribution in [0.15, 0.2) is 24.3 Å². The van der Waals surface area contributed by atoms with Crippen LogP contribution in [0.1, 0.15) is 35.0 Å². The maximum absolute atomic E-state index is 12.3. The molecule has 0 bridgehead atoms. The first-order chi connectivity index (χ1) is 11.2. The molecule has 120 valence electrons. The second kappa shape index (κ2) is 5.36. The molecule has 2 aliphatic rings. The van der Waals surface area contributed by atoms with Crippen LogP contribution in [0.3, 0.4) is 0 Å². The Morgan fingerprint density at radius 2 is 2.04 bits per heavy atom. The minimum atomic E-state index is -0.496. The molecule has 1 saturated heterocycles. The SMILES string of the molecule is COc1ccc(-n2nc(C3OC(C)O3)c3c2C(=O)NCC3)cc1. The fourth-order valence-corrected chi connectivity index (χ4v) is 2.92. The third-order valence-electron chi connectivity index (χ3n) is 4.06. The first-order valence-corrected chi connectivity index (χ1v) is 7.52. The molecule has 0 atom stereocenters. The third-order valence-corrected chi connectivity index (χ3v) is 4.06. The first kappa shape index (κ1) is 14.2. The number of hydrogen-bond acceptors (Lipinski definition) is 5. The van der Waals surface area contributed by atoms with Crippen LogP contribution in [0.4, 0.5) is 0 Å². The zero-order valence-electron chi connectivity index (χ0n) is 12.9. The molecular formula is C16H17N3O4. The van der Waals surface area contributed by atoms with E-state index in [1.165, 1.54) is 0 Å². The smallest absolute Gasteiger partial charge is 0.270 e. The molecule has 1 amide bonds. The van der Waals surface area contributed by atoms with E-state index in [9.17, 15) is 4.79 Å². The van der Waals surface area contributed by atoms with Gasteiger partial charge in [0, 0.05) is 12.1 Å². The van der Waals surface area contributed by atoms with Gasteiger partial charge in [0.25, 0.3) is 5.91 Å². The lowest BCUT2D eigenvalue weighted by Crippen LogP contribution is -2.35. The second-order valence-corrected chi connectivity index (χ2v) is 5.50. The van der Waals surface area contributed by atoms with Gasteiger partial charge in [0.2, 0.25) is 6.29 Å². The van der Waals surface area contributed by atoms with E-state index >= 15 is 0 Å². The van der Waals surface area contributed by atoms with Crippen LogP contribution in [0, 0.1) is 0 Å². The predicted octanol–water partition coefficient (Wildman–Crippen LogP) is 1.56. The van der Waals surface area contributed by atoms with E-state index in [1.807, 2.05) is 31.2 Å². The molecule has 0 spiro atoms. The van der Waals surface area contributed by atoms with E-state index in [0.717, 1.165) is 17.0 Å². The first-order valence-electron chi connectivity index (χ1n) is 7.52. The van der Waals surface area contributed by atoms with Gasteiger partial charge in [-0.2, -0.15) is 5.10 Å². The van der Waals surface area contributed by atoms with Gasteiger partial charge in [0.05, 0.1) is 12.8 Å². The standard InChI is InChI=1S/C16H17N3O4/c1-9-22-16(23-9)13-12-7-8-17-15(20)14(12)19(18-13)10-3-5-11(21-2)6-4-10/h3-6,9,16H,7-8H2,1-2H3,(H,17,20). The Morgan fingerprint density at radius 3 is 2.70 bits per heavy atom. The molecule has 4 rings (SSSR count). The number of carbonyl (C=O) groups excluding carboxylic acids is 1. The average Bonchev–Trinajstić information content (AvgIpc) is 2.92. The van der Waals surface area contributed by atoms with Crippen LogP contribution >= 0.6 is 0 Å². The van der Waals surface area contributed by atoms with Crippen LogP contribution in [-0.2, 0) is 15.9 Å². The third kappa shape index (κ3) is 2.29. The summed E-state index contributed by atoms with van der Waals surface area (Å²) in [5.41, 5.74) is 2.91. The van der Waals surface area contributed by atoms with E-state index < -0.39 is 6.29 Å². The molecule has 7 nitrogen and oxygen atoms in total. The van der Waals surface area contributed by atoms with Gasteiger partial charge < -0.3 is 19.5 Å². The lowest BCUT2D eigenvalue weighted by molar-refractivity contribution is -0.384. The number of aromatic nitrogens is 2. The Kier molecular flexibility index (Phi) is 3.32. The molecule has 1 fully saturated rings. The highest BCUT2D eigenvalue weighted by Crippen LogP contribution is 2.35. The van der Waals surface area contributed by atoms with Gasteiger partial charge in [0.1, 0.15) is 17.1 Å². The lowest BCUT2D eigenvalue weighted by Gasteiger charge is -2.33. The molecule has 0 saturated carbocycles. The maximum atomic E-state index is 12.3. The fourth-order valence-electron chi connectivity index (χ4n) is 2.92. The van der Waals surface area contributed by atoms with Crippen molar-refractivity contribution < 1.29 is 19.0 Å². The summed E-state index contributed by atoms with van der Waals surface area (Å²) in [4.78, 5) is 12.3. The minimum absolute atomic E-state index is 0.131. The molecule has 1 aromatic carbocycles. The Balaban J connectivity index is 1.80. The van der Waals surface area contributed by atoms with Crippen molar-refractivity contribution in [1.29, 1.82) is 0 Å². The van der Waals surface area contributed by atoms with Crippen LogP contribution in [0.5, 0.6) is 5.75 Å². The quantitative estimate of drug-likeness (QED) is 0.930. The molecule has 0 aliphatic carbocycles. The molecule has 0 radical (unpaired) electrons. The number of hydrogen-bond donors (Lipinski definition) is 1. The Bertz CT molecular complexity index is 747. The number of rotatable bonds is 3. The van der Waals surface area contributed by atoms with Gasteiger partial charge in [-0.25, -0.2) is 4.68 Å². The van der Waals surface area contributed by atoms with Crippen LogP contribution in [0.2, 0.25) is 0 Å². The highest BCUT2D eigenvalue weighted by Gasteiger charge is 2.37. The van der Waals surface area contributed by atoms with Crippen molar-refractivity contribution in [3.8, 4) is 11.4 Å². The van der Waals surface area contributed by atoms with Crippen molar-refractivity contribution in [2.45, 2.75) is 25.9 Å². The van der Waals surface area contributed by atoms with Crippen LogP contribution < -0.4 is 10.1 Å². The summed E-state index contributed by atoms with van der Waals surface area (Å²) in [7, 11) is 1.61. The molecule has 2 aromatic rings. The number of nitrogens with zero attached hydrogens (tertiary/aromatic N) is 2. The zero-order valence-corrected chi connectivity index (χ0v) is 12.9. The van der Waals surface area contributed by atoms with Crippen molar-refractivity contribution in [1.82, 2.24) is 15.1 Å². The summed E-state index contributed by atoms with van der Waals surface area (Å²) < 4.78 is 17.9. The van der Waals surface area contributed by atoms with Crippen molar-refractivity contribution in [2.24, 2.45) is 0 Å². The molecule has 2 aliphatic heterocycles. The van der Waals surface area contributed by atoms with Crippen LogP contribution in [0.25, 0.3) is 5.69 Å². The summed E-state index contributed by atoms with van der Waals surface area (Å²) in [6.07, 6.45) is -0.0205. The summed E-state index contributed by atoms with van der Waals surface area (Å²) in [5, 5.41) is 7.45. The maximum Gasteiger partial charge on any atom is 0.270 e. The van der Waals surface area contributed by atoms with E-state index in [0.29, 0.717) is 24.4 Å². The lowest BCUT2D eigenvalue weighted by atomic mass is 10.0. The van der Waals surface area contributed by atoms with E-state index in [2.05, 4.69) is 10.4 Å². The van der Waals surface area contributed by atoms with Crippen molar-refractivity contribution in [3.05, 3.63) is 41.2 Å². The number of benzene rings is 1. The Morgan fingerprint density at radius 1 is 1.30 bits per heavy atom. The predicted molar refractivity (Wildman–Crippen MR) is 80.5 cm³/mol. The van der Waals surface area contributed by atoms with E-state index in [1.54, 1.807) is 11.8 Å². The molecule has 23 heavy (non-hydrogen) atoms. The number of ether oxygens (including phenoxy) is 3. The zero-order chi connectivity index (χ0) is 16.0. The molecule has 1 N–H and O–H groups in total. The molecule has 0 unspecified atom stereocenters. The van der Waals surface area contributed by atoms with Crippen molar-refractivity contribution in [2.75, 3.05) is 13.7 Å². The highest BCUT2D eigenvalue weighted by atomic mass is 16.9.